The first-order valence-electron chi connectivity index (χ1n) is 13.0. The number of hydrazone groups is 1. The molecule has 2 aliphatic heterocycles. The molecule has 40 heavy (non-hydrogen) atoms. The minimum Gasteiger partial charge on any atom is -0.392 e. The van der Waals surface area contributed by atoms with Crippen LogP contribution in [-0.4, -0.2) is 50.3 Å². The highest BCUT2D eigenvalue weighted by Gasteiger charge is 2.32. The highest BCUT2D eigenvalue weighted by atomic mass is 32.1. The Kier molecular flexibility index (Phi) is 7.46. The van der Waals surface area contributed by atoms with Gasteiger partial charge in [-0.25, -0.2) is 4.98 Å². The van der Waals surface area contributed by atoms with Crippen molar-refractivity contribution in [1.82, 2.24) is 25.4 Å². The minimum absolute atomic E-state index is 0.132. The van der Waals surface area contributed by atoms with Crippen LogP contribution in [0, 0.1) is 16.7 Å². The number of amides is 2. The first kappa shape index (κ1) is 27.2. The molecule has 0 bridgehead atoms. The molecule has 1 atom stereocenters. The molecular weight excluding hydrogens is 530 g/mol. The van der Waals surface area contributed by atoms with E-state index in [0.29, 0.717) is 35.0 Å². The van der Waals surface area contributed by atoms with E-state index in [0.717, 1.165) is 23.4 Å². The molecule has 1 fully saturated rings. The van der Waals surface area contributed by atoms with Gasteiger partial charge in [0.2, 0.25) is 5.95 Å². The Labute approximate surface area is 235 Å². The van der Waals surface area contributed by atoms with E-state index in [1.165, 1.54) is 17.7 Å². The monoisotopic (exact) mass is 561 g/mol. The van der Waals surface area contributed by atoms with Crippen molar-refractivity contribution < 1.29 is 14.7 Å². The van der Waals surface area contributed by atoms with E-state index in [-0.39, 0.29) is 35.5 Å². The smallest absolute Gasteiger partial charge is 0.268 e. The van der Waals surface area contributed by atoms with E-state index in [2.05, 4.69) is 32.4 Å². The summed E-state index contributed by atoms with van der Waals surface area (Å²) in [6.45, 7) is 6.67. The molecule has 2 amide bonds. The van der Waals surface area contributed by atoms with Gasteiger partial charge in [0.1, 0.15) is 23.0 Å². The van der Waals surface area contributed by atoms with Crippen molar-refractivity contribution in [2.24, 2.45) is 10.5 Å². The van der Waals surface area contributed by atoms with E-state index < -0.39 is 0 Å². The molecule has 13 heteroatoms. The summed E-state index contributed by atoms with van der Waals surface area (Å²) in [5.41, 5.74) is 7.60. The number of thiophene rings is 1. The normalized spacial score (nSPS) is 17.2. The number of hydrogen-bond acceptors (Lipinski definition) is 10. The fourth-order valence-electron chi connectivity index (χ4n) is 4.84. The quantitative estimate of drug-likeness (QED) is 0.254. The van der Waals surface area contributed by atoms with Crippen LogP contribution in [0.1, 0.15) is 48.8 Å². The highest BCUT2D eigenvalue weighted by Crippen LogP contribution is 2.29. The van der Waals surface area contributed by atoms with Crippen molar-refractivity contribution in [2.75, 3.05) is 17.0 Å². The van der Waals surface area contributed by atoms with Gasteiger partial charge in [0, 0.05) is 13.1 Å². The van der Waals surface area contributed by atoms with E-state index in [1.807, 2.05) is 37.5 Å². The third-order valence-corrected chi connectivity index (χ3v) is 7.69. The van der Waals surface area contributed by atoms with E-state index in [4.69, 9.17) is 0 Å². The van der Waals surface area contributed by atoms with Gasteiger partial charge in [0.15, 0.2) is 0 Å². The lowest BCUT2D eigenvalue weighted by atomic mass is 9.93. The summed E-state index contributed by atoms with van der Waals surface area (Å²) in [4.78, 5) is 33.6. The lowest BCUT2D eigenvalue weighted by Crippen LogP contribution is -2.39. The Morgan fingerprint density at radius 2 is 2.12 bits per heavy atom. The molecule has 3 aromatic rings. The summed E-state index contributed by atoms with van der Waals surface area (Å²) in [5.74, 6) is -0.262. The Morgan fingerprint density at radius 1 is 1.30 bits per heavy atom. The van der Waals surface area contributed by atoms with Crippen molar-refractivity contribution in [3.8, 4) is 6.07 Å². The van der Waals surface area contributed by atoms with Crippen molar-refractivity contribution in [3.63, 3.8) is 0 Å². The van der Waals surface area contributed by atoms with Crippen LogP contribution >= 0.6 is 11.3 Å². The molecule has 12 nitrogen and oxygen atoms in total. The van der Waals surface area contributed by atoms with Crippen LogP contribution in [0.4, 0.5) is 10.9 Å². The number of hydrogen-bond donors (Lipinski definition) is 4. The SMILES string of the molecule is CC(C)(C)C=C(C#N)C(=O)N1CCC[C@@H]1Cn1c(NC(=O)c2ccc(N3NC=NN3)s2)nc2cc(CO)ccc21. The molecule has 0 saturated carbocycles. The van der Waals surface area contributed by atoms with Crippen LogP contribution in [0.2, 0.25) is 0 Å². The van der Waals surface area contributed by atoms with Crippen molar-refractivity contribution in [1.29, 1.82) is 5.26 Å². The fraction of sp³-hybridized carbons (Fsp3) is 0.370. The molecule has 2 aromatic heterocycles. The Hall–Kier alpha value is -4.41. The number of nitriles is 1. The van der Waals surface area contributed by atoms with Crippen LogP contribution in [0.25, 0.3) is 11.0 Å². The number of rotatable bonds is 7. The zero-order valence-corrected chi connectivity index (χ0v) is 23.3. The van der Waals surface area contributed by atoms with Gasteiger partial charge >= 0.3 is 0 Å². The van der Waals surface area contributed by atoms with Crippen molar-refractivity contribution in [2.45, 2.75) is 52.8 Å². The number of nitrogens with one attached hydrogen (secondary N) is 3. The number of aliphatic hydroxyl groups is 1. The van der Waals surface area contributed by atoms with Crippen LogP contribution in [-0.2, 0) is 17.9 Å². The molecule has 208 valence electrons. The number of hydrazine groups is 2. The molecule has 2 aliphatic rings. The molecule has 4 heterocycles. The van der Waals surface area contributed by atoms with Gasteiger partial charge < -0.3 is 14.6 Å². The van der Waals surface area contributed by atoms with Gasteiger partial charge in [0.25, 0.3) is 11.8 Å². The van der Waals surface area contributed by atoms with E-state index in [9.17, 15) is 20.0 Å². The summed E-state index contributed by atoms with van der Waals surface area (Å²) < 4.78 is 1.90. The summed E-state index contributed by atoms with van der Waals surface area (Å²) in [5, 5.41) is 28.5. The van der Waals surface area contributed by atoms with Gasteiger partial charge in [-0.1, -0.05) is 32.9 Å². The number of imidazole rings is 1. The number of fused-ring (bicyclic) bond motifs is 1. The third kappa shape index (κ3) is 5.63. The maximum absolute atomic E-state index is 13.4. The number of allylic oxidation sites excluding steroid dienone is 1. The lowest BCUT2D eigenvalue weighted by Gasteiger charge is -2.26. The second kappa shape index (κ2) is 11.0. The minimum atomic E-state index is -0.325. The average Bonchev–Trinajstić information content (AvgIpc) is 3.73. The van der Waals surface area contributed by atoms with Gasteiger partial charge in [-0.3, -0.25) is 20.3 Å². The summed E-state index contributed by atoms with van der Waals surface area (Å²) >= 11 is 1.27. The zero-order valence-electron chi connectivity index (χ0n) is 22.5. The van der Waals surface area contributed by atoms with Crippen molar-refractivity contribution in [3.05, 3.63) is 52.4 Å². The Bertz CT molecular complexity index is 1530. The number of carbonyl (C=O) groups excluding carboxylic acids is 2. The fourth-order valence-corrected chi connectivity index (χ4v) is 5.66. The predicted octanol–water partition coefficient (Wildman–Crippen LogP) is 3.10. The number of aliphatic hydroxyl groups excluding tert-OH is 1. The molecule has 0 spiro atoms. The second-order valence-corrected chi connectivity index (χ2v) is 11.8. The third-order valence-electron chi connectivity index (χ3n) is 6.63. The van der Waals surface area contributed by atoms with Gasteiger partial charge in [-0.2, -0.15) is 15.9 Å². The zero-order chi connectivity index (χ0) is 28.4. The van der Waals surface area contributed by atoms with Gasteiger partial charge in [-0.05, 0) is 48.1 Å². The van der Waals surface area contributed by atoms with Crippen LogP contribution < -0.4 is 21.4 Å². The highest BCUT2D eigenvalue weighted by molar-refractivity contribution is 7.18. The van der Waals surface area contributed by atoms with Crippen LogP contribution in [0.5, 0.6) is 0 Å². The van der Waals surface area contributed by atoms with Gasteiger partial charge in [-0.15, -0.1) is 16.4 Å². The number of likely N-dealkylation sites (tertiary alicyclic amines) is 1. The standard InChI is InChI=1S/C27H31N9O3S/c1-27(2,3)12-18(13-28)25(39)34-10-4-5-19(34)14-35-21-7-6-17(15-37)11-20(21)31-26(35)32-24(38)22-8-9-23(40-22)36-30-16-29-33-36/h6-9,11-12,16,19,33,37H,4-5,10,14-15H2,1-3H3,(H,29,30)(H,31,32,38)/t19-/m1/s1. The number of carbonyl (C=O) groups is 2. The maximum Gasteiger partial charge on any atom is 0.268 e. The predicted molar refractivity (Wildman–Crippen MR) is 153 cm³/mol. The number of benzene rings is 1. The van der Waals surface area contributed by atoms with Gasteiger partial charge in [0.05, 0.1) is 28.6 Å². The first-order valence-corrected chi connectivity index (χ1v) is 13.8. The number of anilines is 2. The molecule has 1 saturated heterocycles. The number of aromatic nitrogens is 2. The molecule has 5 rings (SSSR count). The second-order valence-electron chi connectivity index (χ2n) is 10.8. The summed E-state index contributed by atoms with van der Waals surface area (Å²) in [6, 6.07) is 10.9. The Morgan fingerprint density at radius 3 is 2.83 bits per heavy atom. The maximum atomic E-state index is 13.4. The van der Waals surface area contributed by atoms with Crippen LogP contribution in [0.15, 0.2) is 47.1 Å². The molecule has 4 N–H and O–H groups in total. The number of nitrogens with zero attached hydrogens (tertiary/aromatic N) is 6. The Balaban J connectivity index is 1.43. The van der Waals surface area contributed by atoms with E-state index in [1.54, 1.807) is 34.3 Å². The molecular formula is C27H31N9O3S. The summed E-state index contributed by atoms with van der Waals surface area (Å²) in [7, 11) is 0. The molecule has 0 radical (unpaired) electrons. The molecule has 0 unspecified atom stereocenters. The molecule has 0 aliphatic carbocycles. The largest absolute Gasteiger partial charge is 0.392 e. The van der Waals surface area contributed by atoms with Crippen molar-refractivity contribution >= 4 is 51.5 Å². The summed E-state index contributed by atoms with van der Waals surface area (Å²) in [6.07, 6.45) is 4.79. The lowest BCUT2D eigenvalue weighted by molar-refractivity contribution is -0.127. The van der Waals surface area contributed by atoms with Crippen LogP contribution in [0.3, 0.4) is 0 Å². The molecule has 1 aromatic carbocycles. The van der Waals surface area contributed by atoms with E-state index >= 15 is 0 Å². The average molecular weight is 562 g/mol. The first-order chi connectivity index (χ1) is 19.2. The topological polar surface area (TPSA) is 151 Å².